The van der Waals surface area contributed by atoms with Crippen molar-refractivity contribution < 1.29 is 18.0 Å². The van der Waals surface area contributed by atoms with Gasteiger partial charge >= 0.3 is 0 Å². The molecule has 2 aliphatic rings. The molecule has 1 amide bonds. The molecule has 2 fully saturated rings. The van der Waals surface area contributed by atoms with E-state index in [0.717, 1.165) is 24.5 Å². The third kappa shape index (κ3) is 2.83. The minimum Gasteiger partial charge on any atom is -0.369 e. The van der Waals surface area contributed by atoms with E-state index in [1.807, 2.05) is 0 Å². The Hall–Kier alpha value is -2.63. The smallest absolute Gasteiger partial charge is 0.228 e. The van der Waals surface area contributed by atoms with Gasteiger partial charge in [0.25, 0.3) is 0 Å². The van der Waals surface area contributed by atoms with E-state index in [1.54, 1.807) is 0 Å². The van der Waals surface area contributed by atoms with Crippen molar-refractivity contribution in [3.8, 4) is 11.3 Å². The first kappa shape index (κ1) is 17.8. The number of amides is 1. The van der Waals surface area contributed by atoms with E-state index in [4.69, 9.17) is 5.73 Å². The Kier molecular flexibility index (Phi) is 3.91. The van der Waals surface area contributed by atoms with Crippen molar-refractivity contribution in [2.45, 2.75) is 38.0 Å². The molecule has 2 saturated carbocycles. The highest BCUT2D eigenvalue weighted by molar-refractivity contribution is 5.90. The van der Waals surface area contributed by atoms with Crippen LogP contribution in [0.3, 0.4) is 0 Å². The summed E-state index contributed by atoms with van der Waals surface area (Å²) >= 11 is 0. The van der Waals surface area contributed by atoms with Gasteiger partial charge in [-0.25, -0.2) is 18.2 Å². The number of primary amides is 1. The zero-order chi connectivity index (χ0) is 19.5. The van der Waals surface area contributed by atoms with Crippen LogP contribution in [0.15, 0.2) is 24.8 Å². The fourth-order valence-electron chi connectivity index (χ4n) is 3.47. The van der Waals surface area contributed by atoms with Crippen LogP contribution in [0, 0.1) is 30.3 Å². The molecule has 140 valence electrons. The van der Waals surface area contributed by atoms with Gasteiger partial charge in [0.05, 0.1) is 11.1 Å². The molecular formula is C21H19F3N2O. The minimum absolute atomic E-state index is 0.123. The average molecular weight is 372 g/mol. The maximum atomic E-state index is 15.4. The van der Waals surface area contributed by atoms with Gasteiger partial charge in [-0.2, -0.15) is 0 Å². The first-order chi connectivity index (χ1) is 12.7. The minimum atomic E-state index is -1.09. The first-order valence-corrected chi connectivity index (χ1v) is 8.90. The molecular weight excluding hydrogens is 353 g/mol. The number of nitrogens with two attached hydrogens (primary N) is 1. The van der Waals surface area contributed by atoms with Crippen LogP contribution in [-0.4, -0.2) is 10.9 Å². The quantitative estimate of drug-likeness (QED) is 0.845. The summed E-state index contributed by atoms with van der Waals surface area (Å²) in [6, 6.07) is 3.47. The summed E-state index contributed by atoms with van der Waals surface area (Å²) in [6.07, 6.45) is 2.80. The zero-order valence-electron chi connectivity index (χ0n) is 14.9. The highest BCUT2D eigenvalue weighted by atomic mass is 19.1. The lowest BCUT2D eigenvalue weighted by Gasteiger charge is -2.18. The molecule has 27 heavy (non-hydrogen) atoms. The lowest BCUT2D eigenvalue weighted by molar-refractivity contribution is -0.120. The first-order valence-electron chi connectivity index (χ1n) is 8.90. The Morgan fingerprint density at radius 2 is 1.85 bits per heavy atom. The van der Waals surface area contributed by atoms with Crippen LogP contribution in [0.1, 0.15) is 42.5 Å². The van der Waals surface area contributed by atoms with E-state index < -0.39 is 28.8 Å². The third-order valence-electron chi connectivity index (χ3n) is 5.60. The molecule has 2 aromatic rings. The molecule has 1 aromatic heterocycles. The Morgan fingerprint density at radius 3 is 2.41 bits per heavy atom. The number of allylic oxidation sites excluding steroid dienone is 1. The fraction of sp³-hybridized carbons (Fsp3) is 0.333. The van der Waals surface area contributed by atoms with Crippen LogP contribution in [0.25, 0.3) is 16.8 Å². The molecule has 1 aromatic carbocycles. The fourth-order valence-corrected chi connectivity index (χ4v) is 3.47. The molecule has 0 bridgehead atoms. The van der Waals surface area contributed by atoms with Gasteiger partial charge in [-0.05, 0) is 61.8 Å². The van der Waals surface area contributed by atoms with Crippen molar-refractivity contribution in [3.63, 3.8) is 0 Å². The van der Waals surface area contributed by atoms with Gasteiger partial charge in [0.2, 0.25) is 5.91 Å². The van der Waals surface area contributed by atoms with E-state index >= 15 is 4.39 Å². The summed E-state index contributed by atoms with van der Waals surface area (Å²) in [5.41, 5.74) is 5.51. The largest absolute Gasteiger partial charge is 0.369 e. The van der Waals surface area contributed by atoms with Gasteiger partial charge in [0.1, 0.15) is 17.3 Å². The molecule has 0 aliphatic heterocycles. The molecule has 0 saturated heterocycles. The SMILES string of the molecule is C=C(c1cc(C2(C(N)=O)CC2)c(F)c(-c2cc(C)c(F)cc2F)n1)C1CC1. The number of hydrogen-bond acceptors (Lipinski definition) is 2. The maximum absolute atomic E-state index is 15.4. The monoisotopic (exact) mass is 372 g/mol. The molecule has 0 spiro atoms. The van der Waals surface area contributed by atoms with Gasteiger partial charge in [-0.1, -0.05) is 6.58 Å². The standard InChI is InChI=1S/C21H19F3N2O/c1-10-7-13(16(23)9-15(10)22)19-18(24)14(21(5-6-21)20(25)27)8-17(26-19)11(2)12-3-4-12/h7-9,12H,2-6H2,1H3,(H2,25,27). The van der Waals surface area contributed by atoms with Crippen molar-refractivity contribution >= 4 is 11.5 Å². The highest BCUT2D eigenvalue weighted by Crippen LogP contribution is 2.51. The Bertz CT molecular complexity index is 991. The number of carbonyl (C=O) groups excluding carboxylic acids is 1. The Morgan fingerprint density at radius 1 is 1.19 bits per heavy atom. The summed E-state index contributed by atoms with van der Waals surface area (Å²) in [5.74, 6) is -2.77. The highest BCUT2D eigenvalue weighted by Gasteiger charge is 2.52. The van der Waals surface area contributed by atoms with E-state index in [1.165, 1.54) is 19.1 Å². The molecule has 3 nitrogen and oxygen atoms in total. The van der Waals surface area contributed by atoms with Crippen molar-refractivity contribution in [3.05, 3.63) is 59.1 Å². The molecule has 4 rings (SSSR count). The number of rotatable bonds is 5. The number of nitrogens with zero attached hydrogens (tertiary/aromatic N) is 1. The Balaban J connectivity index is 1.96. The molecule has 0 atom stereocenters. The van der Waals surface area contributed by atoms with E-state index in [-0.39, 0.29) is 28.3 Å². The Labute approximate surface area is 155 Å². The molecule has 6 heteroatoms. The summed E-state index contributed by atoms with van der Waals surface area (Å²) in [5, 5.41) is 0. The summed E-state index contributed by atoms with van der Waals surface area (Å²) in [7, 11) is 0. The van der Waals surface area contributed by atoms with Crippen molar-refractivity contribution in [2.75, 3.05) is 0 Å². The second-order valence-electron chi connectivity index (χ2n) is 7.54. The summed E-state index contributed by atoms with van der Waals surface area (Å²) in [4.78, 5) is 16.3. The van der Waals surface area contributed by atoms with Crippen LogP contribution < -0.4 is 5.73 Å². The second kappa shape index (κ2) is 5.94. The molecule has 0 unspecified atom stereocenters. The van der Waals surface area contributed by atoms with Crippen LogP contribution in [0.2, 0.25) is 0 Å². The maximum Gasteiger partial charge on any atom is 0.228 e. The van der Waals surface area contributed by atoms with Gasteiger partial charge in [0.15, 0.2) is 5.82 Å². The number of aromatic nitrogens is 1. The average Bonchev–Trinajstić information content (AvgIpc) is 3.51. The number of pyridine rings is 1. The van der Waals surface area contributed by atoms with Gasteiger partial charge < -0.3 is 5.73 Å². The van der Waals surface area contributed by atoms with Crippen LogP contribution in [0.5, 0.6) is 0 Å². The summed E-state index contributed by atoms with van der Waals surface area (Å²) in [6.45, 7) is 5.51. The van der Waals surface area contributed by atoms with Crippen molar-refractivity contribution in [1.82, 2.24) is 4.98 Å². The third-order valence-corrected chi connectivity index (χ3v) is 5.60. The topological polar surface area (TPSA) is 56.0 Å². The zero-order valence-corrected chi connectivity index (χ0v) is 14.9. The number of carbonyl (C=O) groups is 1. The predicted octanol–water partition coefficient (Wildman–Crippen LogP) is 4.41. The summed E-state index contributed by atoms with van der Waals surface area (Å²) < 4.78 is 43.5. The van der Waals surface area contributed by atoms with Crippen LogP contribution in [-0.2, 0) is 10.2 Å². The predicted molar refractivity (Wildman–Crippen MR) is 96.1 cm³/mol. The molecule has 2 N–H and O–H groups in total. The van der Waals surface area contributed by atoms with E-state index in [9.17, 15) is 13.6 Å². The van der Waals surface area contributed by atoms with Crippen molar-refractivity contribution in [2.24, 2.45) is 11.7 Å². The molecule has 2 aliphatic carbocycles. The number of hydrogen-bond donors (Lipinski definition) is 1. The molecule has 1 heterocycles. The van der Waals surface area contributed by atoms with Crippen LogP contribution >= 0.6 is 0 Å². The van der Waals surface area contributed by atoms with Crippen molar-refractivity contribution in [1.29, 1.82) is 0 Å². The van der Waals surface area contributed by atoms with Gasteiger partial charge in [-0.3, -0.25) is 4.79 Å². The lowest BCUT2D eigenvalue weighted by atomic mass is 9.91. The second-order valence-corrected chi connectivity index (χ2v) is 7.54. The number of benzene rings is 1. The van der Waals surface area contributed by atoms with Gasteiger partial charge in [0, 0.05) is 17.2 Å². The number of halogens is 3. The van der Waals surface area contributed by atoms with Gasteiger partial charge in [-0.15, -0.1) is 0 Å². The van der Waals surface area contributed by atoms with E-state index in [2.05, 4.69) is 11.6 Å². The van der Waals surface area contributed by atoms with E-state index in [0.29, 0.717) is 18.5 Å². The normalized spacial score (nSPS) is 17.6. The lowest BCUT2D eigenvalue weighted by Crippen LogP contribution is -2.29. The van der Waals surface area contributed by atoms with Crippen LogP contribution in [0.4, 0.5) is 13.2 Å². The number of aryl methyl sites for hydroxylation is 1. The molecule has 0 radical (unpaired) electrons.